The Balaban J connectivity index is 1.61. The molecule has 1 aromatic heterocycles. The van der Waals surface area contributed by atoms with Gasteiger partial charge in [0.15, 0.2) is 0 Å². The van der Waals surface area contributed by atoms with Gasteiger partial charge in [-0.25, -0.2) is 13.1 Å². The normalized spacial score (nSPS) is 25.2. The standard InChI is InChI=1S/C27H31N3O3S/c1-4-19-17-30-13-11-20(19)15-26(30)27(29-34(31,32)22-7-5-6-18(2)14-22)23-10-12-28-25-9-8-21(33-3)16-24(23)25/h4-10,12,14,16,19-20,26-27,29H,1,11,13,15,17H2,2-3H3/t19?,20?,26-,27-/m0/s1. The van der Waals surface area contributed by atoms with Gasteiger partial charge in [-0.15, -0.1) is 6.58 Å². The third-order valence-corrected chi connectivity index (χ3v) is 8.88. The smallest absolute Gasteiger partial charge is 0.241 e. The first-order chi connectivity index (χ1) is 16.4. The highest BCUT2D eigenvalue weighted by Crippen LogP contribution is 2.42. The monoisotopic (exact) mass is 477 g/mol. The van der Waals surface area contributed by atoms with Gasteiger partial charge in [-0.05, 0) is 85.7 Å². The maximum atomic E-state index is 13.6. The molecule has 7 heteroatoms. The maximum Gasteiger partial charge on any atom is 0.241 e. The second kappa shape index (κ2) is 9.13. The number of rotatable bonds is 7. The molecule has 0 aliphatic carbocycles. The zero-order chi connectivity index (χ0) is 23.9. The van der Waals surface area contributed by atoms with Crippen molar-refractivity contribution in [3.8, 4) is 5.75 Å². The molecule has 0 spiro atoms. The second-order valence-electron chi connectivity index (χ2n) is 9.45. The quantitative estimate of drug-likeness (QED) is 0.509. The Kier molecular flexibility index (Phi) is 6.18. The van der Waals surface area contributed by atoms with Gasteiger partial charge in [0.2, 0.25) is 10.0 Å². The minimum Gasteiger partial charge on any atom is -0.497 e. The molecular weight excluding hydrogens is 446 g/mol. The van der Waals surface area contributed by atoms with Crippen molar-refractivity contribution in [2.24, 2.45) is 11.8 Å². The molecule has 178 valence electrons. The van der Waals surface area contributed by atoms with Crippen LogP contribution in [0.4, 0.5) is 0 Å². The molecule has 5 atom stereocenters. The molecule has 0 amide bonds. The Morgan fingerprint density at radius 1 is 1.24 bits per heavy atom. The molecule has 6 nitrogen and oxygen atoms in total. The number of fused-ring (bicyclic) bond motifs is 4. The van der Waals surface area contributed by atoms with Crippen LogP contribution in [0.3, 0.4) is 0 Å². The fourth-order valence-electron chi connectivity index (χ4n) is 5.64. The molecule has 3 aliphatic rings. The van der Waals surface area contributed by atoms with Gasteiger partial charge in [0.25, 0.3) is 0 Å². The van der Waals surface area contributed by atoms with Crippen molar-refractivity contribution in [2.45, 2.75) is 36.7 Å². The lowest BCUT2D eigenvalue weighted by molar-refractivity contribution is 0.00490. The van der Waals surface area contributed by atoms with Crippen LogP contribution in [0.25, 0.3) is 10.9 Å². The van der Waals surface area contributed by atoms with Crippen LogP contribution in [-0.4, -0.2) is 44.5 Å². The summed E-state index contributed by atoms with van der Waals surface area (Å²) in [6, 6.07) is 14.4. The van der Waals surface area contributed by atoms with Crippen molar-refractivity contribution >= 4 is 20.9 Å². The van der Waals surface area contributed by atoms with Crippen LogP contribution >= 0.6 is 0 Å². The van der Waals surface area contributed by atoms with E-state index in [0.29, 0.717) is 11.8 Å². The van der Waals surface area contributed by atoms with Gasteiger partial charge >= 0.3 is 0 Å². The number of nitrogens with zero attached hydrogens (tertiary/aromatic N) is 2. The third-order valence-electron chi connectivity index (χ3n) is 7.44. The van der Waals surface area contributed by atoms with Crippen LogP contribution in [-0.2, 0) is 10.0 Å². The van der Waals surface area contributed by atoms with E-state index in [0.717, 1.165) is 53.7 Å². The minimum atomic E-state index is -3.75. The first kappa shape index (κ1) is 23.0. The number of sulfonamides is 1. The highest BCUT2D eigenvalue weighted by molar-refractivity contribution is 7.89. The minimum absolute atomic E-state index is 0.0475. The lowest BCUT2D eigenvalue weighted by Gasteiger charge is -2.51. The van der Waals surface area contributed by atoms with Gasteiger partial charge in [0, 0.05) is 24.2 Å². The molecular formula is C27H31N3O3S. The summed E-state index contributed by atoms with van der Waals surface area (Å²) in [4.78, 5) is 7.24. The Hall–Kier alpha value is -2.74. The average Bonchev–Trinajstić information content (AvgIpc) is 2.87. The van der Waals surface area contributed by atoms with E-state index >= 15 is 0 Å². The van der Waals surface area contributed by atoms with Gasteiger partial charge in [0.05, 0.1) is 23.6 Å². The van der Waals surface area contributed by atoms with Crippen molar-refractivity contribution in [1.29, 1.82) is 0 Å². The van der Waals surface area contributed by atoms with Crippen LogP contribution in [0.1, 0.15) is 30.0 Å². The van der Waals surface area contributed by atoms with E-state index in [1.54, 1.807) is 31.5 Å². The van der Waals surface area contributed by atoms with Crippen LogP contribution in [0.2, 0.25) is 0 Å². The number of benzene rings is 2. The number of piperidine rings is 3. The molecule has 3 saturated heterocycles. The van der Waals surface area contributed by atoms with E-state index < -0.39 is 16.1 Å². The molecule has 4 heterocycles. The molecule has 34 heavy (non-hydrogen) atoms. The predicted octanol–water partition coefficient (Wildman–Crippen LogP) is 4.47. The molecule has 1 N–H and O–H groups in total. The summed E-state index contributed by atoms with van der Waals surface area (Å²) < 4.78 is 35.8. The summed E-state index contributed by atoms with van der Waals surface area (Å²) in [7, 11) is -2.11. The highest BCUT2D eigenvalue weighted by Gasteiger charge is 2.44. The van der Waals surface area contributed by atoms with Gasteiger partial charge in [-0.2, -0.15) is 0 Å². The second-order valence-corrected chi connectivity index (χ2v) is 11.2. The maximum absolute atomic E-state index is 13.6. The lowest BCUT2D eigenvalue weighted by atomic mass is 9.73. The average molecular weight is 478 g/mol. The Morgan fingerprint density at radius 3 is 2.79 bits per heavy atom. The van der Waals surface area contributed by atoms with E-state index in [1.165, 1.54) is 0 Å². The van der Waals surface area contributed by atoms with Gasteiger partial charge < -0.3 is 4.74 Å². The van der Waals surface area contributed by atoms with E-state index in [1.807, 2.05) is 37.3 Å². The van der Waals surface area contributed by atoms with Crippen LogP contribution < -0.4 is 9.46 Å². The largest absolute Gasteiger partial charge is 0.497 e. The fourth-order valence-corrected chi connectivity index (χ4v) is 6.99. The SMILES string of the molecule is C=CC1CN2CCC1C[C@H]2[C@@H](NS(=O)(=O)c1cccc(C)c1)c1ccnc2ccc(OC)cc12. The van der Waals surface area contributed by atoms with Gasteiger partial charge in [-0.3, -0.25) is 9.88 Å². The molecule has 2 aromatic carbocycles. The molecule has 0 radical (unpaired) electrons. The topological polar surface area (TPSA) is 71.5 Å². The number of nitrogens with one attached hydrogen (secondary N) is 1. The van der Waals surface area contributed by atoms with E-state index in [-0.39, 0.29) is 10.9 Å². The lowest BCUT2D eigenvalue weighted by Crippen LogP contribution is -2.57. The number of ether oxygens (including phenoxy) is 1. The number of aryl methyl sites for hydroxylation is 1. The van der Waals surface area contributed by atoms with Crippen molar-refractivity contribution in [3.63, 3.8) is 0 Å². The number of methoxy groups -OCH3 is 1. The van der Waals surface area contributed by atoms with E-state index in [9.17, 15) is 8.42 Å². The first-order valence-electron chi connectivity index (χ1n) is 11.8. The zero-order valence-electron chi connectivity index (χ0n) is 19.6. The Morgan fingerprint density at radius 2 is 2.09 bits per heavy atom. The Bertz CT molecular complexity index is 1320. The fraction of sp³-hybridized carbons (Fsp3) is 0.370. The van der Waals surface area contributed by atoms with Gasteiger partial charge in [-0.1, -0.05) is 18.2 Å². The number of hydrogen-bond acceptors (Lipinski definition) is 5. The predicted molar refractivity (Wildman–Crippen MR) is 134 cm³/mol. The molecule has 3 fully saturated rings. The van der Waals surface area contributed by atoms with Crippen LogP contribution in [0.15, 0.2) is 72.3 Å². The van der Waals surface area contributed by atoms with Gasteiger partial charge in [0.1, 0.15) is 5.75 Å². The summed E-state index contributed by atoms with van der Waals surface area (Å²) in [6.07, 6.45) is 5.87. The highest BCUT2D eigenvalue weighted by atomic mass is 32.2. The van der Waals surface area contributed by atoms with Crippen molar-refractivity contribution < 1.29 is 13.2 Å². The first-order valence-corrected chi connectivity index (χ1v) is 13.3. The summed E-state index contributed by atoms with van der Waals surface area (Å²) in [6.45, 7) is 7.82. The number of pyridine rings is 1. The number of aromatic nitrogens is 1. The molecule has 3 aromatic rings. The summed E-state index contributed by atoms with van der Waals surface area (Å²) >= 11 is 0. The van der Waals surface area contributed by atoms with Crippen molar-refractivity contribution in [1.82, 2.24) is 14.6 Å². The third kappa shape index (κ3) is 4.24. The number of hydrogen-bond donors (Lipinski definition) is 1. The van der Waals surface area contributed by atoms with Crippen molar-refractivity contribution in [3.05, 3.63) is 78.5 Å². The molecule has 0 saturated carbocycles. The summed E-state index contributed by atoms with van der Waals surface area (Å²) in [5.74, 6) is 1.69. The molecule has 2 bridgehead atoms. The zero-order valence-corrected chi connectivity index (χ0v) is 20.5. The van der Waals surface area contributed by atoms with E-state index in [4.69, 9.17) is 4.74 Å². The van der Waals surface area contributed by atoms with Crippen LogP contribution in [0.5, 0.6) is 5.75 Å². The van der Waals surface area contributed by atoms with E-state index in [2.05, 4.69) is 27.3 Å². The summed E-state index contributed by atoms with van der Waals surface area (Å²) in [5, 5.41) is 0.904. The van der Waals surface area contributed by atoms with Crippen molar-refractivity contribution in [2.75, 3.05) is 20.2 Å². The molecule has 3 unspecified atom stereocenters. The molecule has 6 rings (SSSR count). The summed E-state index contributed by atoms with van der Waals surface area (Å²) in [5.41, 5.74) is 2.65. The Labute approximate surface area is 201 Å². The molecule has 3 aliphatic heterocycles. The van der Waals surface area contributed by atoms with Crippen LogP contribution in [0, 0.1) is 18.8 Å².